The van der Waals surface area contributed by atoms with Gasteiger partial charge in [-0.1, -0.05) is 0 Å². The predicted molar refractivity (Wildman–Crippen MR) is 67.0 cm³/mol. The van der Waals surface area contributed by atoms with Gasteiger partial charge in [-0.2, -0.15) is 0 Å². The third kappa shape index (κ3) is 2.24. The maximum atomic E-state index is 10.8. The molecule has 6 heteroatoms. The fourth-order valence-corrected chi connectivity index (χ4v) is 2.67. The maximum Gasteiger partial charge on any atom is 0.355 e. The first-order valence-electron chi connectivity index (χ1n) is 5.72. The van der Waals surface area contributed by atoms with Crippen LogP contribution < -0.4 is 4.90 Å². The van der Waals surface area contributed by atoms with E-state index in [1.807, 2.05) is 12.1 Å². The van der Waals surface area contributed by atoms with Crippen molar-refractivity contribution in [2.45, 2.75) is 25.4 Å². The highest BCUT2D eigenvalue weighted by Crippen LogP contribution is 2.34. The fourth-order valence-electron chi connectivity index (χ4n) is 1.80. The van der Waals surface area contributed by atoms with Gasteiger partial charge < -0.3 is 14.4 Å². The van der Waals surface area contributed by atoms with Crippen molar-refractivity contribution in [1.29, 1.82) is 0 Å². The van der Waals surface area contributed by atoms with Crippen LogP contribution in [0.2, 0.25) is 0 Å². The van der Waals surface area contributed by atoms with Crippen LogP contribution in [0, 0.1) is 0 Å². The van der Waals surface area contributed by atoms with Gasteiger partial charge in [0.05, 0.1) is 12.8 Å². The molecule has 0 aromatic carbocycles. The Kier molecular flexibility index (Phi) is 2.79. The van der Waals surface area contributed by atoms with Crippen molar-refractivity contribution >= 4 is 22.4 Å². The van der Waals surface area contributed by atoms with E-state index < -0.39 is 5.97 Å². The SMILES string of the molecule is O=C(O)c1csc(N(Cc2ccco2)C2CC2)n1. The number of carbonyl (C=O) groups is 1. The highest BCUT2D eigenvalue weighted by molar-refractivity contribution is 7.13. The quantitative estimate of drug-likeness (QED) is 0.899. The number of carboxylic acids is 1. The number of anilines is 1. The summed E-state index contributed by atoms with van der Waals surface area (Å²) in [5, 5.41) is 11.2. The lowest BCUT2D eigenvalue weighted by molar-refractivity contribution is 0.0691. The van der Waals surface area contributed by atoms with E-state index in [1.54, 1.807) is 11.6 Å². The standard InChI is InChI=1S/C12H12N2O3S/c15-11(16)10-7-18-12(13-10)14(8-3-4-8)6-9-2-1-5-17-9/h1-2,5,7-8H,3-4,6H2,(H,15,16). The molecule has 1 fully saturated rings. The second kappa shape index (κ2) is 4.45. The number of rotatable bonds is 5. The number of carboxylic acid groups (broad SMARTS) is 1. The minimum absolute atomic E-state index is 0.111. The number of aromatic nitrogens is 1. The molecule has 2 aromatic heterocycles. The Hall–Kier alpha value is -1.82. The number of hydrogen-bond donors (Lipinski definition) is 1. The van der Waals surface area contributed by atoms with Gasteiger partial charge in [0.2, 0.25) is 0 Å². The van der Waals surface area contributed by atoms with Crippen molar-refractivity contribution < 1.29 is 14.3 Å². The van der Waals surface area contributed by atoms with E-state index >= 15 is 0 Å². The molecule has 2 aromatic rings. The third-order valence-corrected chi connectivity index (χ3v) is 3.73. The first kappa shape index (κ1) is 11.3. The molecule has 0 saturated heterocycles. The van der Waals surface area contributed by atoms with Crippen LogP contribution in [0.3, 0.4) is 0 Å². The zero-order chi connectivity index (χ0) is 12.5. The molecule has 3 rings (SSSR count). The van der Waals surface area contributed by atoms with Gasteiger partial charge in [-0.3, -0.25) is 0 Å². The minimum atomic E-state index is -0.980. The summed E-state index contributed by atoms with van der Waals surface area (Å²) in [6, 6.07) is 4.23. The van der Waals surface area contributed by atoms with Crippen molar-refractivity contribution in [3.63, 3.8) is 0 Å². The number of furan rings is 1. The maximum absolute atomic E-state index is 10.8. The molecule has 1 saturated carbocycles. The molecular weight excluding hydrogens is 252 g/mol. The average molecular weight is 264 g/mol. The molecule has 5 nitrogen and oxygen atoms in total. The first-order chi connectivity index (χ1) is 8.74. The van der Waals surface area contributed by atoms with Crippen molar-refractivity contribution in [3.05, 3.63) is 35.2 Å². The molecule has 2 heterocycles. The summed E-state index contributed by atoms with van der Waals surface area (Å²) in [6.07, 6.45) is 3.90. The van der Waals surface area contributed by atoms with Crippen molar-refractivity contribution in [3.8, 4) is 0 Å². The summed E-state index contributed by atoms with van der Waals surface area (Å²) in [5.74, 6) is -0.111. The third-order valence-electron chi connectivity index (χ3n) is 2.85. The summed E-state index contributed by atoms with van der Waals surface area (Å²) in [5.41, 5.74) is 0.111. The molecule has 1 aliphatic carbocycles. The Bertz CT molecular complexity index is 545. The fraction of sp³-hybridized carbons (Fsp3) is 0.333. The molecule has 1 aliphatic rings. The molecule has 0 radical (unpaired) electrons. The molecule has 0 atom stereocenters. The van der Waals surface area contributed by atoms with Gasteiger partial charge in [-0.25, -0.2) is 9.78 Å². The molecule has 94 valence electrons. The van der Waals surface area contributed by atoms with E-state index in [2.05, 4.69) is 9.88 Å². The van der Waals surface area contributed by atoms with Gasteiger partial charge in [0.15, 0.2) is 10.8 Å². The zero-order valence-corrected chi connectivity index (χ0v) is 10.4. The largest absolute Gasteiger partial charge is 0.476 e. The van der Waals surface area contributed by atoms with Gasteiger partial charge in [-0.15, -0.1) is 11.3 Å². The van der Waals surface area contributed by atoms with Crippen LogP contribution in [-0.2, 0) is 6.54 Å². The Morgan fingerprint density at radius 1 is 1.61 bits per heavy atom. The number of thiazole rings is 1. The Labute approximate surface area is 108 Å². The van der Waals surface area contributed by atoms with Crippen LogP contribution in [-0.4, -0.2) is 22.1 Å². The second-order valence-corrected chi connectivity index (χ2v) is 5.10. The average Bonchev–Trinajstić information content (AvgIpc) is 2.88. The van der Waals surface area contributed by atoms with Gasteiger partial charge >= 0.3 is 5.97 Å². The number of aromatic carboxylic acids is 1. The van der Waals surface area contributed by atoms with Crippen molar-refractivity contribution in [2.75, 3.05) is 4.90 Å². The minimum Gasteiger partial charge on any atom is -0.476 e. The molecule has 18 heavy (non-hydrogen) atoms. The number of nitrogens with zero attached hydrogens (tertiary/aromatic N) is 2. The first-order valence-corrected chi connectivity index (χ1v) is 6.60. The second-order valence-electron chi connectivity index (χ2n) is 4.26. The van der Waals surface area contributed by atoms with Crippen LogP contribution in [0.15, 0.2) is 28.2 Å². The summed E-state index contributed by atoms with van der Waals surface area (Å²) < 4.78 is 5.34. The normalized spacial score (nSPS) is 14.7. The van der Waals surface area contributed by atoms with Crippen molar-refractivity contribution in [1.82, 2.24) is 4.98 Å². The Morgan fingerprint density at radius 2 is 2.44 bits per heavy atom. The van der Waals surface area contributed by atoms with Crippen LogP contribution in [0.4, 0.5) is 5.13 Å². The topological polar surface area (TPSA) is 66.6 Å². The lowest BCUT2D eigenvalue weighted by atomic mass is 10.4. The highest BCUT2D eigenvalue weighted by Gasteiger charge is 2.31. The van der Waals surface area contributed by atoms with E-state index in [9.17, 15) is 4.79 Å². The van der Waals surface area contributed by atoms with Crippen LogP contribution in [0.1, 0.15) is 29.1 Å². The monoisotopic (exact) mass is 264 g/mol. The molecule has 0 amide bonds. The summed E-state index contributed by atoms with van der Waals surface area (Å²) >= 11 is 1.37. The zero-order valence-electron chi connectivity index (χ0n) is 9.57. The summed E-state index contributed by atoms with van der Waals surface area (Å²) in [7, 11) is 0. The smallest absolute Gasteiger partial charge is 0.355 e. The molecule has 1 N–H and O–H groups in total. The molecule has 0 spiro atoms. The molecule has 0 aliphatic heterocycles. The van der Waals surface area contributed by atoms with E-state index in [-0.39, 0.29) is 5.69 Å². The van der Waals surface area contributed by atoms with E-state index in [0.29, 0.717) is 12.6 Å². The van der Waals surface area contributed by atoms with Crippen LogP contribution in [0.5, 0.6) is 0 Å². The lowest BCUT2D eigenvalue weighted by Crippen LogP contribution is -2.24. The lowest BCUT2D eigenvalue weighted by Gasteiger charge is -2.19. The van der Waals surface area contributed by atoms with Crippen molar-refractivity contribution in [2.24, 2.45) is 0 Å². The van der Waals surface area contributed by atoms with Gasteiger partial charge in [0.1, 0.15) is 5.76 Å². The van der Waals surface area contributed by atoms with Gasteiger partial charge in [0.25, 0.3) is 0 Å². The molecule has 0 unspecified atom stereocenters. The van der Waals surface area contributed by atoms with E-state index in [4.69, 9.17) is 9.52 Å². The van der Waals surface area contributed by atoms with Gasteiger partial charge in [-0.05, 0) is 25.0 Å². The number of hydrogen-bond acceptors (Lipinski definition) is 5. The summed E-state index contributed by atoms with van der Waals surface area (Å²) in [4.78, 5) is 17.1. The molecular formula is C12H12N2O3S. The van der Waals surface area contributed by atoms with Crippen LogP contribution in [0.25, 0.3) is 0 Å². The summed E-state index contributed by atoms with van der Waals surface area (Å²) in [6.45, 7) is 0.643. The molecule has 0 bridgehead atoms. The van der Waals surface area contributed by atoms with E-state index in [0.717, 1.165) is 23.7 Å². The Morgan fingerprint density at radius 3 is 3.00 bits per heavy atom. The Balaban J connectivity index is 1.82. The predicted octanol–water partition coefficient (Wildman–Crippen LogP) is 2.60. The van der Waals surface area contributed by atoms with Crippen LogP contribution >= 0.6 is 11.3 Å². The van der Waals surface area contributed by atoms with E-state index in [1.165, 1.54) is 11.3 Å². The highest BCUT2D eigenvalue weighted by atomic mass is 32.1. The van der Waals surface area contributed by atoms with Gasteiger partial charge in [0, 0.05) is 11.4 Å².